The Morgan fingerprint density at radius 2 is 1.39 bits per heavy atom. The zero-order valence-electron chi connectivity index (χ0n) is 18.4. The van der Waals surface area contributed by atoms with Gasteiger partial charge in [0.1, 0.15) is 0 Å². The van der Waals surface area contributed by atoms with Crippen molar-refractivity contribution >= 4 is 56.7 Å². The van der Waals surface area contributed by atoms with E-state index < -0.39 is 5.56 Å². The standard InChI is InChI=1S/C27H14Cl2N4O2S/c28-18-13-7-12-17(20(18)29)14-19-26(35)33-24-23(25(34)32-27(33)36-19)30-21(15-8-3-1-4-9-15)22(31-24)16-10-5-2-6-11-16/h1-14H/b19-14-. The molecule has 6 rings (SSSR count). The van der Waals surface area contributed by atoms with Crippen LogP contribution in [0.25, 0.3) is 44.7 Å². The maximum absolute atomic E-state index is 13.5. The number of hydrogen-bond acceptors (Lipinski definition) is 6. The minimum atomic E-state index is -0.553. The van der Waals surface area contributed by atoms with E-state index in [0.717, 1.165) is 22.5 Å². The molecule has 3 heterocycles. The van der Waals surface area contributed by atoms with Crippen LogP contribution in [0, 0.1) is 0 Å². The molecule has 36 heavy (non-hydrogen) atoms. The fourth-order valence-corrected chi connectivity index (χ4v) is 5.28. The quantitative estimate of drug-likeness (QED) is 0.313. The lowest BCUT2D eigenvalue weighted by Crippen LogP contribution is -2.25. The summed E-state index contributed by atoms with van der Waals surface area (Å²) < 4.78 is 1.67. The molecule has 9 heteroatoms. The monoisotopic (exact) mass is 528 g/mol. The Hall–Kier alpha value is -3.91. The Morgan fingerprint density at radius 1 is 0.750 bits per heavy atom. The minimum absolute atomic E-state index is 0.0215. The lowest BCUT2D eigenvalue weighted by molar-refractivity contribution is 1.07. The number of rotatable bonds is 3. The number of fused-ring (bicyclic) bond motifs is 3. The van der Waals surface area contributed by atoms with Crippen LogP contribution in [0.1, 0.15) is 5.56 Å². The van der Waals surface area contributed by atoms with Gasteiger partial charge in [0.25, 0.3) is 5.56 Å². The fourth-order valence-electron chi connectivity index (χ4n) is 3.97. The van der Waals surface area contributed by atoms with Gasteiger partial charge in [-0.3, -0.25) is 9.59 Å². The second-order valence-electron chi connectivity index (χ2n) is 7.92. The van der Waals surface area contributed by atoms with Gasteiger partial charge in [-0.25, -0.2) is 14.4 Å². The number of nitrogens with zero attached hydrogens (tertiary/aromatic N) is 4. The lowest BCUT2D eigenvalue weighted by Gasteiger charge is -2.10. The normalized spacial score (nSPS) is 12.0. The third-order valence-electron chi connectivity index (χ3n) is 5.66. The minimum Gasteiger partial charge on any atom is -0.267 e. The van der Waals surface area contributed by atoms with E-state index in [1.54, 1.807) is 24.3 Å². The fraction of sp³-hybridized carbons (Fsp3) is 0. The van der Waals surface area contributed by atoms with Crippen molar-refractivity contribution in [2.24, 2.45) is 0 Å². The molecule has 0 atom stereocenters. The Balaban J connectivity index is 1.71. The number of halogens is 2. The van der Waals surface area contributed by atoms with E-state index in [1.807, 2.05) is 60.7 Å². The largest absolute Gasteiger partial charge is 0.302 e. The van der Waals surface area contributed by atoms with Crippen LogP contribution in [0.3, 0.4) is 0 Å². The summed E-state index contributed by atoms with van der Waals surface area (Å²) >= 11 is 13.5. The maximum Gasteiger partial charge on any atom is 0.302 e. The van der Waals surface area contributed by atoms with Gasteiger partial charge in [0, 0.05) is 11.1 Å². The molecule has 0 aliphatic heterocycles. The molecule has 0 bridgehead atoms. The first kappa shape index (κ1) is 22.5. The van der Waals surface area contributed by atoms with E-state index in [0.29, 0.717) is 31.5 Å². The molecule has 0 radical (unpaired) electrons. The van der Waals surface area contributed by atoms with Crippen LogP contribution in [0.2, 0.25) is 10.0 Å². The summed E-state index contributed by atoms with van der Waals surface area (Å²) in [5.74, 6) is 0. The summed E-state index contributed by atoms with van der Waals surface area (Å²) in [7, 11) is 0. The number of hydrogen-bond donors (Lipinski definition) is 0. The van der Waals surface area contributed by atoms with Gasteiger partial charge in [0.05, 0.1) is 26.0 Å². The van der Waals surface area contributed by atoms with Crippen molar-refractivity contribution in [3.05, 3.63) is 120 Å². The zero-order chi connectivity index (χ0) is 24.8. The first-order valence-corrected chi connectivity index (χ1v) is 12.4. The summed E-state index contributed by atoms with van der Waals surface area (Å²) in [6.07, 6.45) is 1.63. The lowest BCUT2D eigenvalue weighted by atomic mass is 10.0. The average Bonchev–Trinajstić information content (AvgIpc) is 3.21. The SMILES string of the molecule is O=c1nc2s/c(=C\c3cccc(Cl)c3Cl)c(=O)n2c2nc(-c3ccccc3)c(-c3ccccc3)nc12. The van der Waals surface area contributed by atoms with Gasteiger partial charge >= 0.3 is 5.56 Å². The molecule has 174 valence electrons. The first-order valence-electron chi connectivity index (χ1n) is 10.8. The molecule has 0 saturated heterocycles. The van der Waals surface area contributed by atoms with Crippen LogP contribution >= 0.6 is 34.5 Å². The Morgan fingerprint density at radius 3 is 2.06 bits per heavy atom. The van der Waals surface area contributed by atoms with Gasteiger partial charge in [-0.15, -0.1) is 0 Å². The van der Waals surface area contributed by atoms with Crippen molar-refractivity contribution in [2.75, 3.05) is 0 Å². The third kappa shape index (κ3) is 3.78. The summed E-state index contributed by atoms with van der Waals surface area (Å²) in [6.45, 7) is 0. The average molecular weight is 529 g/mol. The molecule has 0 N–H and O–H groups in total. The smallest absolute Gasteiger partial charge is 0.267 e. The second-order valence-corrected chi connectivity index (χ2v) is 9.71. The molecule has 3 aromatic carbocycles. The second kappa shape index (κ2) is 8.95. The number of aromatic nitrogens is 4. The third-order valence-corrected chi connectivity index (χ3v) is 7.46. The Labute approximate surface area is 217 Å². The molecular formula is C27H14Cl2N4O2S. The van der Waals surface area contributed by atoms with E-state index in [4.69, 9.17) is 33.2 Å². The predicted octanol–water partition coefficient (Wildman–Crippen LogP) is 5.25. The Bertz CT molecular complexity index is 1960. The van der Waals surface area contributed by atoms with Crippen LogP contribution < -0.4 is 15.7 Å². The van der Waals surface area contributed by atoms with E-state index >= 15 is 0 Å². The van der Waals surface area contributed by atoms with Gasteiger partial charge in [0.15, 0.2) is 11.2 Å². The molecule has 0 spiro atoms. The predicted molar refractivity (Wildman–Crippen MR) is 145 cm³/mol. The Kier molecular flexibility index (Phi) is 5.60. The molecule has 0 aliphatic carbocycles. The zero-order valence-corrected chi connectivity index (χ0v) is 20.7. The van der Waals surface area contributed by atoms with Gasteiger partial charge in [-0.1, -0.05) is 107 Å². The number of benzene rings is 3. The highest BCUT2D eigenvalue weighted by molar-refractivity contribution is 7.15. The molecule has 0 unspecified atom stereocenters. The molecule has 0 amide bonds. The topological polar surface area (TPSA) is 77.2 Å². The van der Waals surface area contributed by atoms with Crippen LogP contribution in [-0.2, 0) is 0 Å². The maximum atomic E-state index is 13.5. The summed E-state index contributed by atoms with van der Waals surface area (Å²) in [6, 6.07) is 24.2. The van der Waals surface area contributed by atoms with Crippen LogP contribution in [-0.4, -0.2) is 19.4 Å². The molecule has 0 aliphatic rings. The highest BCUT2D eigenvalue weighted by atomic mass is 35.5. The van der Waals surface area contributed by atoms with E-state index in [2.05, 4.69) is 4.98 Å². The van der Waals surface area contributed by atoms with Crippen molar-refractivity contribution < 1.29 is 0 Å². The van der Waals surface area contributed by atoms with Crippen LogP contribution in [0.5, 0.6) is 0 Å². The van der Waals surface area contributed by atoms with Gasteiger partial charge in [-0.05, 0) is 17.7 Å². The van der Waals surface area contributed by atoms with Crippen molar-refractivity contribution in [1.82, 2.24) is 19.4 Å². The molecular weight excluding hydrogens is 515 g/mol. The summed E-state index contributed by atoms with van der Waals surface area (Å²) in [5.41, 5.74) is 2.54. The first-order chi connectivity index (χ1) is 17.5. The number of thiazole rings is 1. The van der Waals surface area contributed by atoms with E-state index in [-0.39, 0.29) is 21.7 Å². The molecule has 6 nitrogen and oxygen atoms in total. The van der Waals surface area contributed by atoms with Crippen LogP contribution in [0.4, 0.5) is 0 Å². The van der Waals surface area contributed by atoms with Gasteiger partial charge in [0.2, 0.25) is 4.96 Å². The van der Waals surface area contributed by atoms with E-state index in [1.165, 1.54) is 4.40 Å². The van der Waals surface area contributed by atoms with E-state index in [9.17, 15) is 9.59 Å². The van der Waals surface area contributed by atoms with Gasteiger partial charge < -0.3 is 0 Å². The highest BCUT2D eigenvalue weighted by Gasteiger charge is 2.19. The summed E-state index contributed by atoms with van der Waals surface area (Å²) in [4.78, 5) is 40.4. The van der Waals surface area contributed by atoms with Crippen molar-refractivity contribution in [2.45, 2.75) is 0 Å². The highest BCUT2D eigenvalue weighted by Crippen LogP contribution is 2.30. The van der Waals surface area contributed by atoms with Gasteiger partial charge in [-0.2, -0.15) is 4.98 Å². The van der Waals surface area contributed by atoms with Crippen molar-refractivity contribution in [1.29, 1.82) is 0 Å². The van der Waals surface area contributed by atoms with Crippen molar-refractivity contribution in [3.8, 4) is 22.5 Å². The molecule has 3 aromatic heterocycles. The molecule has 0 fully saturated rings. The molecule has 6 aromatic rings. The summed E-state index contributed by atoms with van der Waals surface area (Å²) in [5, 5.41) is 0.714. The van der Waals surface area contributed by atoms with Crippen molar-refractivity contribution in [3.63, 3.8) is 0 Å². The van der Waals surface area contributed by atoms with Crippen LogP contribution in [0.15, 0.2) is 88.5 Å². The molecule has 0 saturated carbocycles.